The molecule has 1 aliphatic rings. The van der Waals surface area contributed by atoms with Gasteiger partial charge < -0.3 is 20.7 Å². The standard InChI is InChI=1S/C27H31ClN6O4/c1-33-11-12-38-22-10-6-5-9-20(22)14-29-25(36)18-34-23(28)16-31-26(27(34)37)32-21(15-30-24(35)17-33)13-19-7-3-2-4-8-19/h2-10,16,21H,11-15,17-18H2,1H3,(H,29,36)(H,30,35)(H,31,32). The van der Waals surface area contributed by atoms with Crippen molar-refractivity contribution in [2.45, 2.75) is 25.6 Å². The third-order valence-corrected chi connectivity index (χ3v) is 6.41. The number of hydrogen-bond acceptors (Lipinski definition) is 7. The van der Waals surface area contributed by atoms with Crippen molar-refractivity contribution >= 4 is 29.2 Å². The monoisotopic (exact) mass is 538 g/mol. The van der Waals surface area contributed by atoms with E-state index in [4.69, 9.17) is 16.3 Å². The lowest BCUT2D eigenvalue weighted by molar-refractivity contribution is -0.122. The van der Waals surface area contributed by atoms with Crippen molar-refractivity contribution < 1.29 is 14.3 Å². The van der Waals surface area contributed by atoms with Gasteiger partial charge in [-0.2, -0.15) is 0 Å². The SMILES string of the molecule is CN1CCOc2ccccc2CNC(=O)Cn2c(Cl)cnc(c2=O)NC(Cc2ccccc2)CNC(=O)C1. The minimum absolute atomic E-state index is 0.0428. The zero-order valence-electron chi connectivity index (χ0n) is 21.2. The summed E-state index contributed by atoms with van der Waals surface area (Å²) in [5.41, 5.74) is 1.29. The van der Waals surface area contributed by atoms with Crippen LogP contribution >= 0.6 is 11.6 Å². The lowest BCUT2D eigenvalue weighted by Crippen LogP contribution is -2.43. The van der Waals surface area contributed by atoms with Gasteiger partial charge in [-0.3, -0.25) is 23.9 Å². The van der Waals surface area contributed by atoms with E-state index in [0.717, 1.165) is 15.7 Å². The second kappa shape index (κ2) is 13.1. The molecular formula is C27H31ClN6O4. The fourth-order valence-corrected chi connectivity index (χ4v) is 4.28. The number of aromatic nitrogens is 2. The number of nitrogens with one attached hydrogen (secondary N) is 3. The Morgan fingerprint density at radius 3 is 2.55 bits per heavy atom. The molecule has 11 heteroatoms. The van der Waals surface area contributed by atoms with Gasteiger partial charge in [-0.25, -0.2) is 4.98 Å². The van der Waals surface area contributed by atoms with Crippen molar-refractivity contribution in [3.63, 3.8) is 0 Å². The second-order valence-electron chi connectivity index (χ2n) is 9.13. The van der Waals surface area contributed by atoms with E-state index in [0.29, 0.717) is 25.3 Å². The lowest BCUT2D eigenvalue weighted by Gasteiger charge is -2.22. The van der Waals surface area contributed by atoms with E-state index in [-0.39, 0.29) is 55.0 Å². The Balaban J connectivity index is 1.60. The molecule has 1 aromatic heterocycles. The maximum absolute atomic E-state index is 13.2. The molecule has 1 aliphatic heterocycles. The van der Waals surface area contributed by atoms with Gasteiger partial charge in [0.2, 0.25) is 11.8 Å². The van der Waals surface area contributed by atoms with Crippen LogP contribution in [0.2, 0.25) is 5.15 Å². The molecule has 38 heavy (non-hydrogen) atoms. The zero-order valence-corrected chi connectivity index (χ0v) is 21.9. The molecule has 0 aliphatic carbocycles. The maximum atomic E-state index is 13.2. The summed E-state index contributed by atoms with van der Waals surface area (Å²) < 4.78 is 7.09. The highest BCUT2D eigenvalue weighted by atomic mass is 35.5. The number of carbonyl (C=O) groups is 2. The summed E-state index contributed by atoms with van der Waals surface area (Å²) in [7, 11) is 1.84. The third-order valence-electron chi connectivity index (χ3n) is 6.11. The van der Waals surface area contributed by atoms with Crippen LogP contribution in [0, 0.1) is 0 Å². The van der Waals surface area contributed by atoms with E-state index in [1.165, 1.54) is 6.20 Å². The first-order chi connectivity index (χ1) is 18.4. The molecule has 1 atom stereocenters. The summed E-state index contributed by atoms with van der Waals surface area (Å²) in [4.78, 5) is 44.7. The molecule has 2 heterocycles. The maximum Gasteiger partial charge on any atom is 0.294 e. The van der Waals surface area contributed by atoms with Gasteiger partial charge in [0.25, 0.3) is 5.56 Å². The molecule has 10 nitrogen and oxygen atoms in total. The summed E-state index contributed by atoms with van der Waals surface area (Å²) in [6, 6.07) is 16.8. The summed E-state index contributed by atoms with van der Waals surface area (Å²) in [5.74, 6) is 0.151. The predicted octanol–water partition coefficient (Wildman–Crippen LogP) is 1.68. The Kier molecular flexibility index (Phi) is 9.34. The number of fused-ring (bicyclic) bond motifs is 3. The lowest BCUT2D eigenvalue weighted by atomic mass is 10.1. The van der Waals surface area contributed by atoms with Crippen LogP contribution in [0.15, 0.2) is 65.6 Å². The van der Waals surface area contributed by atoms with Crippen LogP contribution in [0.3, 0.4) is 0 Å². The van der Waals surface area contributed by atoms with Crippen LogP contribution in [0.1, 0.15) is 11.1 Å². The first kappa shape index (κ1) is 27.2. The summed E-state index contributed by atoms with van der Waals surface area (Å²) in [6.07, 6.45) is 1.87. The molecule has 0 saturated carbocycles. The molecule has 2 aromatic carbocycles. The summed E-state index contributed by atoms with van der Waals surface area (Å²) in [5, 5.41) is 8.97. The van der Waals surface area contributed by atoms with E-state index < -0.39 is 5.56 Å². The third kappa shape index (κ3) is 7.56. The van der Waals surface area contributed by atoms with Gasteiger partial charge >= 0.3 is 0 Å². The van der Waals surface area contributed by atoms with Gasteiger partial charge in [-0.15, -0.1) is 0 Å². The molecule has 0 fully saturated rings. The number of benzene rings is 2. The zero-order chi connectivity index (χ0) is 26.9. The summed E-state index contributed by atoms with van der Waals surface area (Å²) >= 11 is 6.25. The number of nitrogens with zero attached hydrogens (tertiary/aromatic N) is 3. The highest BCUT2D eigenvalue weighted by Crippen LogP contribution is 2.18. The minimum atomic E-state index is -0.529. The van der Waals surface area contributed by atoms with Crippen LogP contribution in [0.5, 0.6) is 5.75 Å². The Morgan fingerprint density at radius 1 is 1.00 bits per heavy atom. The molecule has 0 radical (unpaired) electrons. The molecule has 3 aromatic rings. The topological polar surface area (TPSA) is 118 Å². The number of para-hydroxylation sites is 1. The number of carbonyl (C=O) groups excluding carboxylic acids is 2. The van der Waals surface area contributed by atoms with Crippen LogP contribution < -0.4 is 26.2 Å². The highest BCUT2D eigenvalue weighted by molar-refractivity contribution is 6.29. The van der Waals surface area contributed by atoms with Crippen LogP contribution in [0.4, 0.5) is 5.82 Å². The van der Waals surface area contributed by atoms with Gasteiger partial charge in [0, 0.05) is 31.2 Å². The smallest absolute Gasteiger partial charge is 0.294 e. The molecule has 2 bridgehead atoms. The molecular weight excluding hydrogens is 508 g/mol. The fraction of sp³-hybridized carbons (Fsp3) is 0.333. The Bertz CT molecular complexity index is 1320. The van der Waals surface area contributed by atoms with E-state index in [1.807, 2.05) is 66.5 Å². The Hall–Kier alpha value is -3.89. The van der Waals surface area contributed by atoms with Gasteiger partial charge in [-0.1, -0.05) is 60.1 Å². The normalized spacial score (nSPS) is 17.9. The Morgan fingerprint density at radius 2 is 1.74 bits per heavy atom. The molecule has 1 unspecified atom stereocenters. The van der Waals surface area contributed by atoms with Crippen molar-refractivity contribution in [1.82, 2.24) is 25.1 Å². The van der Waals surface area contributed by atoms with E-state index >= 15 is 0 Å². The highest BCUT2D eigenvalue weighted by Gasteiger charge is 2.18. The number of halogens is 1. The summed E-state index contributed by atoms with van der Waals surface area (Å²) in [6.45, 7) is 1.29. The molecule has 200 valence electrons. The van der Waals surface area contributed by atoms with Crippen molar-refractivity contribution in [2.24, 2.45) is 0 Å². The average molecular weight is 539 g/mol. The van der Waals surface area contributed by atoms with Crippen molar-refractivity contribution in [3.05, 3.63) is 87.4 Å². The van der Waals surface area contributed by atoms with E-state index in [9.17, 15) is 14.4 Å². The van der Waals surface area contributed by atoms with Gasteiger partial charge in [0.05, 0.1) is 12.7 Å². The van der Waals surface area contributed by atoms with Crippen LogP contribution in [0.25, 0.3) is 0 Å². The number of ether oxygens (including phenoxy) is 1. The van der Waals surface area contributed by atoms with E-state index in [2.05, 4.69) is 20.9 Å². The largest absolute Gasteiger partial charge is 0.492 e. The second-order valence-corrected chi connectivity index (χ2v) is 9.51. The van der Waals surface area contributed by atoms with Crippen molar-refractivity contribution in [2.75, 3.05) is 38.6 Å². The average Bonchev–Trinajstić information content (AvgIpc) is 2.90. The van der Waals surface area contributed by atoms with Crippen molar-refractivity contribution in [1.29, 1.82) is 0 Å². The van der Waals surface area contributed by atoms with Gasteiger partial charge in [0.15, 0.2) is 5.82 Å². The van der Waals surface area contributed by atoms with E-state index in [1.54, 1.807) is 0 Å². The number of amides is 2. The molecule has 3 N–H and O–H groups in total. The number of anilines is 1. The molecule has 0 saturated heterocycles. The quantitative estimate of drug-likeness (QED) is 0.454. The molecule has 2 amide bonds. The van der Waals surface area contributed by atoms with Crippen LogP contribution in [-0.4, -0.2) is 65.6 Å². The molecule has 4 rings (SSSR count). The number of hydrogen-bond donors (Lipinski definition) is 3. The first-order valence-corrected chi connectivity index (χ1v) is 12.8. The predicted molar refractivity (Wildman–Crippen MR) is 145 cm³/mol. The number of rotatable bonds is 2. The van der Waals surface area contributed by atoms with Gasteiger partial charge in [0.1, 0.15) is 24.1 Å². The Labute approximate surface area is 226 Å². The minimum Gasteiger partial charge on any atom is -0.492 e. The molecule has 0 spiro atoms. The van der Waals surface area contributed by atoms with Gasteiger partial charge in [-0.05, 0) is 25.1 Å². The first-order valence-electron chi connectivity index (χ1n) is 12.4. The van der Waals surface area contributed by atoms with Crippen LogP contribution in [-0.2, 0) is 29.1 Å². The van der Waals surface area contributed by atoms with Crippen molar-refractivity contribution in [3.8, 4) is 5.75 Å². The fourth-order valence-electron chi connectivity index (χ4n) is 4.09. The number of likely N-dealkylation sites (N-methyl/N-ethyl adjacent to an activating group) is 1.